The first-order valence-electron chi connectivity index (χ1n) is 7.81. The van der Waals surface area contributed by atoms with E-state index < -0.39 is 17.7 Å². The average Bonchev–Trinajstić information content (AvgIpc) is 2.54. The van der Waals surface area contributed by atoms with Crippen molar-refractivity contribution >= 4 is 0 Å². The highest BCUT2D eigenvalue weighted by molar-refractivity contribution is 5.26. The molecule has 2 rings (SSSR count). The zero-order valence-electron chi connectivity index (χ0n) is 13.8. The first-order chi connectivity index (χ1) is 11.5. The van der Waals surface area contributed by atoms with Crippen molar-refractivity contribution in [3.63, 3.8) is 0 Å². The van der Waals surface area contributed by atoms with Crippen LogP contribution < -0.4 is 4.74 Å². The number of rotatable bonds is 8. The fourth-order valence-electron chi connectivity index (χ4n) is 2.37. The molecule has 0 aromatic heterocycles. The molecule has 0 aliphatic rings. The second-order valence-corrected chi connectivity index (χ2v) is 5.89. The molecule has 5 heteroatoms. The van der Waals surface area contributed by atoms with Crippen molar-refractivity contribution in [2.24, 2.45) is 5.92 Å². The molecule has 0 saturated heterocycles. The van der Waals surface area contributed by atoms with Crippen LogP contribution in [-0.2, 0) is 17.8 Å². The molecule has 0 spiro atoms. The number of benzene rings is 2. The molecular weight excluding hydrogens is 314 g/mol. The molecule has 2 aromatic carbocycles. The molecule has 2 aromatic rings. The van der Waals surface area contributed by atoms with Gasteiger partial charge in [0, 0.05) is 12.0 Å². The van der Waals surface area contributed by atoms with E-state index in [0.29, 0.717) is 18.8 Å². The monoisotopic (exact) mass is 336 g/mol. The molecule has 0 saturated carbocycles. The van der Waals surface area contributed by atoms with Crippen LogP contribution in [0.1, 0.15) is 18.1 Å². The number of hydrogen-bond donors (Lipinski definition) is 1. The molecule has 3 nitrogen and oxygen atoms in total. The summed E-state index contributed by atoms with van der Waals surface area (Å²) in [5.41, 5.74) is 1.44. The SMILES string of the molecule is COc1ccc(COCC(C)C(O)Cc2cc(F)cc(F)c2)cc1. The maximum Gasteiger partial charge on any atom is 0.126 e. The van der Waals surface area contributed by atoms with Crippen LogP contribution in [0.25, 0.3) is 0 Å². The summed E-state index contributed by atoms with van der Waals surface area (Å²) in [4.78, 5) is 0. The van der Waals surface area contributed by atoms with Gasteiger partial charge in [-0.1, -0.05) is 19.1 Å². The summed E-state index contributed by atoms with van der Waals surface area (Å²) < 4.78 is 37.0. The van der Waals surface area contributed by atoms with Crippen LogP contribution in [0.2, 0.25) is 0 Å². The topological polar surface area (TPSA) is 38.7 Å². The lowest BCUT2D eigenvalue weighted by Gasteiger charge is -2.19. The van der Waals surface area contributed by atoms with Crippen molar-refractivity contribution < 1.29 is 23.4 Å². The van der Waals surface area contributed by atoms with Crippen LogP contribution >= 0.6 is 0 Å². The van der Waals surface area contributed by atoms with Crippen molar-refractivity contribution in [1.29, 1.82) is 0 Å². The van der Waals surface area contributed by atoms with Gasteiger partial charge in [-0.25, -0.2) is 8.78 Å². The molecule has 0 aliphatic carbocycles. The van der Waals surface area contributed by atoms with Gasteiger partial charge in [-0.15, -0.1) is 0 Å². The molecular formula is C19H22F2O3. The third-order valence-electron chi connectivity index (χ3n) is 3.83. The van der Waals surface area contributed by atoms with Crippen LogP contribution in [-0.4, -0.2) is 24.9 Å². The summed E-state index contributed by atoms with van der Waals surface area (Å²) in [7, 11) is 1.61. The number of aliphatic hydroxyl groups excluding tert-OH is 1. The third kappa shape index (κ3) is 5.58. The van der Waals surface area contributed by atoms with E-state index in [2.05, 4.69) is 0 Å². The summed E-state index contributed by atoms with van der Waals surface area (Å²) in [6.07, 6.45) is -0.552. The molecule has 1 N–H and O–H groups in total. The molecule has 130 valence electrons. The molecule has 24 heavy (non-hydrogen) atoms. The number of ether oxygens (including phenoxy) is 2. The lowest BCUT2D eigenvalue weighted by atomic mass is 9.98. The van der Waals surface area contributed by atoms with Crippen molar-refractivity contribution in [2.75, 3.05) is 13.7 Å². The van der Waals surface area contributed by atoms with Crippen LogP contribution in [0.15, 0.2) is 42.5 Å². The molecule has 2 atom stereocenters. The second-order valence-electron chi connectivity index (χ2n) is 5.89. The number of halogens is 2. The first kappa shape index (κ1) is 18.4. The maximum atomic E-state index is 13.2. The van der Waals surface area contributed by atoms with Crippen molar-refractivity contribution in [3.05, 3.63) is 65.2 Å². The standard InChI is InChI=1S/C19H22F2O3/c1-13(11-24-12-14-3-5-18(23-2)6-4-14)19(22)9-15-7-16(20)10-17(21)8-15/h3-8,10,13,19,22H,9,11-12H2,1-2H3. The summed E-state index contributed by atoms with van der Waals surface area (Å²) in [5, 5.41) is 10.2. The van der Waals surface area contributed by atoms with E-state index in [-0.39, 0.29) is 12.3 Å². The highest BCUT2D eigenvalue weighted by Crippen LogP contribution is 2.16. The van der Waals surface area contributed by atoms with E-state index >= 15 is 0 Å². The number of aliphatic hydroxyl groups is 1. The predicted molar refractivity (Wildman–Crippen MR) is 87.9 cm³/mol. The highest BCUT2D eigenvalue weighted by atomic mass is 19.1. The van der Waals surface area contributed by atoms with Crippen molar-refractivity contribution in [1.82, 2.24) is 0 Å². The van der Waals surface area contributed by atoms with Gasteiger partial charge in [0.15, 0.2) is 0 Å². The molecule has 0 radical (unpaired) electrons. The van der Waals surface area contributed by atoms with Gasteiger partial charge in [0.1, 0.15) is 17.4 Å². The first-order valence-corrected chi connectivity index (χ1v) is 7.81. The van der Waals surface area contributed by atoms with E-state index in [4.69, 9.17) is 9.47 Å². The van der Waals surface area contributed by atoms with Crippen molar-refractivity contribution in [2.45, 2.75) is 26.1 Å². The largest absolute Gasteiger partial charge is 0.497 e. The summed E-state index contributed by atoms with van der Waals surface area (Å²) in [6, 6.07) is 10.8. The van der Waals surface area contributed by atoms with Gasteiger partial charge in [-0.05, 0) is 41.8 Å². The smallest absolute Gasteiger partial charge is 0.126 e. The normalized spacial score (nSPS) is 13.5. The van der Waals surface area contributed by atoms with E-state index in [1.54, 1.807) is 7.11 Å². The van der Waals surface area contributed by atoms with Crippen LogP contribution in [0.5, 0.6) is 5.75 Å². The van der Waals surface area contributed by atoms with Crippen LogP contribution in [0, 0.1) is 17.6 Å². The minimum absolute atomic E-state index is 0.158. The van der Waals surface area contributed by atoms with E-state index in [9.17, 15) is 13.9 Å². The molecule has 2 unspecified atom stereocenters. The average molecular weight is 336 g/mol. The second kappa shape index (κ2) is 8.76. The lowest BCUT2D eigenvalue weighted by molar-refractivity contribution is 0.0291. The maximum absolute atomic E-state index is 13.2. The van der Waals surface area contributed by atoms with E-state index in [1.165, 1.54) is 12.1 Å². The van der Waals surface area contributed by atoms with Gasteiger partial charge in [-0.3, -0.25) is 0 Å². The number of methoxy groups -OCH3 is 1. The minimum Gasteiger partial charge on any atom is -0.497 e. The van der Waals surface area contributed by atoms with E-state index in [0.717, 1.165) is 17.4 Å². The van der Waals surface area contributed by atoms with Gasteiger partial charge in [0.05, 0.1) is 26.4 Å². The zero-order valence-corrected chi connectivity index (χ0v) is 13.8. The van der Waals surface area contributed by atoms with Gasteiger partial charge in [0.25, 0.3) is 0 Å². The fraction of sp³-hybridized carbons (Fsp3) is 0.368. The highest BCUT2D eigenvalue weighted by Gasteiger charge is 2.16. The zero-order chi connectivity index (χ0) is 17.5. The lowest BCUT2D eigenvalue weighted by Crippen LogP contribution is -2.24. The third-order valence-corrected chi connectivity index (χ3v) is 3.83. The van der Waals surface area contributed by atoms with Gasteiger partial charge < -0.3 is 14.6 Å². The summed E-state index contributed by atoms with van der Waals surface area (Å²) >= 11 is 0. The molecule has 0 aliphatic heterocycles. The van der Waals surface area contributed by atoms with E-state index in [1.807, 2.05) is 31.2 Å². The van der Waals surface area contributed by atoms with Gasteiger partial charge in [-0.2, -0.15) is 0 Å². The van der Waals surface area contributed by atoms with Gasteiger partial charge in [0.2, 0.25) is 0 Å². The Hall–Kier alpha value is -1.98. The summed E-state index contributed by atoms with van der Waals surface area (Å²) in [6.45, 7) is 2.62. The Bertz CT molecular complexity index is 623. The molecule has 0 amide bonds. The minimum atomic E-state index is -0.734. The van der Waals surface area contributed by atoms with Crippen LogP contribution in [0.3, 0.4) is 0 Å². The Balaban J connectivity index is 1.79. The molecule has 0 heterocycles. The Labute approximate surface area is 140 Å². The fourth-order valence-corrected chi connectivity index (χ4v) is 2.37. The Kier molecular flexibility index (Phi) is 6.70. The molecule has 0 fully saturated rings. The Morgan fingerprint density at radius 1 is 1.00 bits per heavy atom. The summed E-state index contributed by atoms with van der Waals surface area (Å²) in [5.74, 6) is -0.652. The Morgan fingerprint density at radius 3 is 2.21 bits per heavy atom. The quantitative estimate of drug-likeness (QED) is 0.798. The Morgan fingerprint density at radius 2 is 1.62 bits per heavy atom. The molecule has 0 bridgehead atoms. The predicted octanol–water partition coefficient (Wildman–Crippen LogP) is 3.73. The van der Waals surface area contributed by atoms with Gasteiger partial charge >= 0.3 is 0 Å². The number of hydrogen-bond acceptors (Lipinski definition) is 3. The van der Waals surface area contributed by atoms with Crippen LogP contribution in [0.4, 0.5) is 8.78 Å². The van der Waals surface area contributed by atoms with Crippen molar-refractivity contribution in [3.8, 4) is 5.75 Å².